The number of hydrogen-bond acceptors (Lipinski definition) is 4. The number of rotatable bonds is 2. The summed E-state index contributed by atoms with van der Waals surface area (Å²) in [6.45, 7) is 1.11. The van der Waals surface area contributed by atoms with Gasteiger partial charge in [-0.1, -0.05) is 11.6 Å². The van der Waals surface area contributed by atoms with Gasteiger partial charge in [-0.25, -0.2) is 0 Å². The molecule has 18 heavy (non-hydrogen) atoms. The minimum Gasteiger partial charge on any atom is -0.469 e. The van der Waals surface area contributed by atoms with Crippen LogP contribution in [0.25, 0.3) is 0 Å². The second kappa shape index (κ2) is 5.71. The summed E-state index contributed by atoms with van der Waals surface area (Å²) in [5, 5.41) is 0. The van der Waals surface area contributed by atoms with Gasteiger partial charge in [0.2, 0.25) is 0 Å². The van der Waals surface area contributed by atoms with Crippen molar-refractivity contribution < 1.29 is 14.3 Å². The highest BCUT2D eigenvalue weighted by Gasteiger charge is 2.29. The molecule has 0 bridgehead atoms. The first-order chi connectivity index (χ1) is 8.61. The Hall–Kier alpha value is -1.07. The summed E-state index contributed by atoms with van der Waals surface area (Å²) in [5.74, 6) is -0.500. The van der Waals surface area contributed by atoms with E-state index in [-0.39, 0.29) is 17.8 Å². The van der Waals surface area contributed by atoms with Crippen LogP contribution in [0.5, 0.6) is 0 Å². The van der Waals surface area contributed by atoms with E-state index in [2.05, 4.69) is 0 Å². The molecule has 0 aliphatic carbocycles. The molecule has 4 nitrogen and oxygen atoms in total. The Balaban J connectivity index is 2.05. The normalized spacial score (nSPS) is 19.7. The fraction of sp³-hybridized carbons (Fsp3) is 0.500. The number of hydrogen-bond donors (Lipinski definition) is 0. The molecule has 1 saturated heterocycles. The number of thiophene rings is 1. The highest BCUT2D eigenvalue weighted by atomic mass is 35.5. The zero-order valence-electron chi connectivity index (χ0n) is 10.0. The summed E-state index contributed by atoms with van der Waals surface area (Å²) >= 11 is 7.08. The average Bonchev–Trinajstić information content (AvgIpc) is 2.83. The van der Waals surface area contributed by atoms with Crippen molar-refractivity contribution in [3.8, 4) is 0 Å². The van der Waals surface area contributed by atoms with Crippen molar-refractivity contribution in [2.75, 3.05) is 20.2 Å². The number of ether oxygens (including phenoxy) is 1. The SMILES string of the molecule is COC(=O)C1CCCN(C(=O)c2ccc(Cl)s2)C1. The smallest absolute Gasteiger partial charge is 0.310 e. The van der Waals surface area contributed by atoms with Crippen LogP contribution in [0.3, 0.4) is 0 Å². The van der Waals surface area contributed by atoms with Gasteiger partial charge in [-0.3, -0.25) is 9.59 Å². The van der Waals surface area contributed by atoms with Crippen LogP contribution in [0.2, 0.25) is 4.34 Å². The molecule has 0 N–H and O–H groups in total. The summed E-state index contributed by atoms with van der Waals surface area (Å²) in [4.78, 5) is 26.0. The third kappa shape index (κ3) is 2.84. The summed E-state index contributed by atoms with van der Waals surface area (Å²) in [6.07, 6.45) is 1.60. The first kappa shape index (κ1) is 13.4. The van der Waals surface area contributed by atoms with Crippen molar-refractivity contribution in [1.29, 1.82) is 0 Å². The number of methoxy groups -OCH3 is 1. The van der Waals surface area contributed by atoms with E-state index < -0.39 is 0 Å². The molecule has 1 amide bonds. The second-order valence-electron chi connectivity index (χ2n) is 4.22. The summed E-state index contributed by atoms with van der Waals surface area (Å²) in [6, 6.07) is 3.43. The number of carbonyl (C=O) groups excluding carboxylic acids is 2. The molecule has 2 rings (SSSR count). The number of esters is 1. The Morgan fingerprint density at radius 3 is 2.89 bits per heavy atom. The number of piperidine rings is 1. The lowest BCUT2D eigenvalue weighted by Gasteiger charge is -2.30. The lowest BCUT2D eigenvalue weighted by atomic mass is 9.98. The van der Waals surface area contributed by atoms with Gasteiger partial charge in [0.25, 0.3) is 5.91 Å². The van der Waals surface area contributed by atoms with E-state index in [1.165, 1.54) is 18.4 Å². The maximum absolute atomic E-state index is 12.2. The third-order valence-corrected chi connectivity index (χ3v) is 4.25. The molecule has 1 aliphatic heterocycles. The van der Waals surface area contributed by atoms with Crippen molar-refractivity contribution >= 4 is 34.8 Å². The molecule has 0 saturated carbocycles. The van der Waals surface area contributed by atoms with E-state index in [1.807, 2.05) is 0 Å². The van der Waals surface area contributed by atoms with Crippen LogP contribution in [0.15, 0.2) is 12.1 Å². The second-order valence-corrected chi connectivity index (χ2v) is 5.93. The molecule has 6 heteroatoms. The van der Waals surface area contributed by atoms with E-state index in [9.17, 15) is 9.59 Å². The lowest BCUT2D eigenvalue weighted by Crippen LogP contribution is -2.42. The number of carbonyl (C=O) groups is 2. The van der Waals surface area contributed by atoms with Gasteiger partial charge in [-0.2, -0.15) is 0 Å². The molecule has 1 fully saturated rings. The van der Waals surface area contributed by atoms with Gasteiger partial charge < -0.3 is 9.64 Å². The number of amides is 1. The molecular weight excluding hydrogens is 274 g/mol. The molecule has 0 radical (unpaired) electrons. The van der Waals surface area contributed by atoms with Crippen LogP contribution in [-0.4, -0.2) is 37.0 Å². The molecular formula is C12H14ClNO3S. The van der Waals surface area contributed by atoms with Crippen molar-refractivity contribution in [3.05, 3.63) is 21.3 Å². The Morgan fingerprint density at radius 1 is 1.50 bits per heavy atom. The molecule has 1 aliphatic rings. The topological polar surface area (TPSA) is 46.6 Å². The molecule has 1 unspecified atom stereocenters. The van der Waals surface area contributed by atoms with Crippen LogP contribution in [-0.2, 0) is 9.53 Å². The van der Waals surface area contributed by atoms with Crippen molar-refractivity contribution in [2.24, 2.45) is 5.92 Å². The first-order valence-corrected chi connectivity index (χ1v) is 6.93. The molecule has 2 heterocycles. The van der Waals surface area contributed by atoms with Crippen molar-refractivity contribution in [2.45, 2.75) is 12.8 Å². The standard InChI is InChI=1S/C12H14ClNO3S/c1-17-12(16)8-3-2-6-14(7-8)11(15)9-4-5-10(13)18-9/h4-5,8H,2-3,6-7H2,1H3. The minimum atomic E-state index is -0.239. The maximum atomic E-state index is 12.2. The van der Waals surface area contributed by atoms with Crippen molar-refractivity contribution in [3.63, 3.8) is 0 Å². The monoisotopic (exact) mass is 287 g/mol. The third-order valence-electron chi connectivity index (χ3n) is 3.03. The molecule has 0 aromatic carbocycles. The predicted molar refractivity (Wildman–Crippen MR) is 70.0 cm³/mol. The van der Waals surface area contributed by atoms with Crippen LogP contribution in [0.4, 0.5) is 0 Å². The van der Waals surface area contributed by atoms with Crippen LogP contribution in [0, 0.1) is 5.92 Å². The van der Waals surface area contributed by atoms with Crippen molar-refractivity contribution in [1.82, 2.24) is 4.90 Å². The highest BCUT2D eigenvalue weighted by Crippen LogP contribution is 2.25. The summed E-state index contributed by atoms with van der Waals surface area (Å²) < 4.78 is 5.33. The molecule has 1 aromatic heterocycles. The summed E-state index contributed by atoms with van der Waals surface area (Å²) in [5.41, 5.74) is 0. The van der Waals surface area contributed by atoms with Gasteiger partial charge in [0, 0.05) is 13.1 Å². The number of nitrogens with zero attached hydrogens (tertiary/aromatic N) is 1. The zero-order valence-corrected chi connectivity index (χ0v) is 11.6. The van der Waals surface area contributed by atoms with E-state index in [4.69, 9.17) is 16.3 Å². The van der Waals surface area contributed by atoms with Crippen LogP contribution >= 0.6 is 22.9 Å². The van der Waals surface area contributed by atoms with Gasteiger partial charge in [0.1, 0.15) is 0 Å². The highest BCUT2D eigenvalue weighted by molar-refractivity contribution is 7.17. The maximum Gasteiger partial charge on any atom is 0.310 e. The minimum absolute atomic E-state index is 0.0551. The fourth-order valence-electron chi connectivity index (χ4n) is 2.11. The predicted octanol–water partition coefficient (Wildman–Crippen LogP) is 2.43. The fourth-order valence-corrected chi connectivity index (χ4v) is 3.12. The Morgan fingerprint density at radius 2 is 2.28 bits per heavy atom. The van der Waals surface area contributed by atoms with Gasteiger partial charge in [-0.05, 0) is 25.0 Å². The largest absolute Gasteiger partial charge is 0.469 e. The summed E-state index contributed by atoms with van der Waals surface area (Å²) in [7, 11) is 1.38. The molecule has 1 aromatic rings. The average molecular weight is 288 g/mol. The zero-order chi connectivity index (χ0) is 13.1. The number of halogens is 1. The Labute approximate surface area is 114 Å². The van der Waals surface area contributed by atoms with Gasteiger partial charge >= 0.3 is 5.97 Å². The van der Waals surface area contributed by atoms with E-state index >= 15 is 0 Å². The van der Waals surface area contributed by atoms with E-state index in [0.29, 0.717) is 22.3 Å². The van der Waals surface area contributed by atoms with Gasteiger partial charge in [0.05, 0.1) is 22.2 Å². The lowest BCUT2D eigenvalue weighted by molar-refractivity contribution is -0.146. The Bertz CT molecular complexity index is 460. The van der Waals surface area contributed by atoms with Gasteiger partial charge in [-0.15, -0.1) is 11.3 Å². The van der Waals surface area contributed by atoms with Gasteiger partial charge in [0.15, 0.2) is 0 Å². The Kier molecular flexibility index (Phi) is 4.24. The molecule has 0 spiro atoms. The molecule has 98 valence electrons. The van der Waals surface area contributed by atoms with E-state index in [0.717, 1.165) is 12.8 Å². The quantitative estimate of drug-likeness (QED) is 0.785. The number of likely N-dealkylation sites (tertiary alicyclic amines) is 1. The van der Waals surface area contributed by atoms with Crippen LogP contribution in [0.1, 0.15) is 22.5 Å². The molecule has 1 atom stereocenters. The van der Waals surface area contributed by atoms with Crippen LogP contribution < -0.4 is 0 Å². The van der Waals surface area contributed by atoms with E-state index in [1.54, 1.807) is 17.0 Å². The first-order valence-electron chi connectivity index (χ1n) is 5.74.